The minimum atomic E-state index is -0.208. The summed E-state index contributed by atoms with van der Waals surface area (Å²) in [5, 5.41) is 1.65. The van der Waals surface area contributed by atoms with Crippen LogP contribution in [0.4, 0.5) is 10.1 Å². The Bertz CT molecular complexity index is 1060. The average molecular weight is 444 g/mol. The van der Waals surface area contributed by atoms with E-state index in [1.54, 1.807) is 11.9 Å². The van der Waals surface area contributed by atoms with Gasteiger partial charge >= 0.3 is 0 Å². The van der Waals surface area contributed by atoms with Crippen LogP contribution in [0.3, 0.4) is 0 Å². The fourth-order valence-corrected chi connectivity index (χ4v) is 4.88. The van der Waals surface area contributed by atoms with Gasteiger partial charge in [0.25, 0.3) is 0 Å². The zero-order valence-electron chi connectivity index (χ0n) is 18.3. The van der Waals surface area contributed by atoms with Crippen LogP contribution in [0.25, 0.3) is 22.0 Å². The van der Waals surface area contributed by atoms with Gasteiger partial charge in [0, 0.05) is 57.8 Å². The second kappa shape index (κ2) is 9.94. The van der Waals surface area contributed by atoms with E-state index >= 15 is 0 Å². The SMILES string of the molecule is CSN(C)c1cccc(-c2c(C)n(C/C(F)=C/CN)c3ccc(SC(C)C)cc23)c1. The monoisotopic (exact) mass is 443 g/mol. The summed E-state index contributed by atoms with van der Waals surface area (Å²) >= 11 is 3.52. The number of fused-ring (bicyclic) bond motifs is 1. The first-order chi connectivity index (χ1) is 14.3. The van der Waals surface area contributed by atoms with Crippen molar-refractivity contribution in [3.8, 4) is 11.1 Å². The molecule has 0 aliphatic carbocycles. The van der Waals surface area contributed by atoms with Gasteiger partial charge in [0.05, 0.1) is 6.54 Å². The standard InChI is InChI=1S/C24H30FN3S2/c1-16(2)30-21-9-10-23-22(14-21)24(17(3)28(23)15-19(25)11-12-26)18-7-6-8-20(13-18)27(4)29-5/h6-11,13-14,16H,12,15,26H2,1-5H3/b19-11-. The maximum atomic E-state index is 14.4. The third kappa shape index (κ3) is 4.88. The van der Waals surface area contributed by atoms with Gasteiger partial charge in [-0.25, -0.2) is 4.39 Å². The number of halogens is 1. The summed E-state index contributed by atoms with van der Waals surface area (Å²) in [6.45, 7) is 6.86. The van der Waals surface area contributed by atoms with E-state index in [4.69, 9.17) is 5.73 Å². The lowest BCUT2D eigenvalue weighted by molar-refractivity contribution is 0.555. The summed E-state index contributed by atoms with van der Waals surface area (Å²) in [6, 6.07) is 15.0. The van der Waals surface area contributed by atoms with E-state index in [1.807, 2.05) is 11.8 Å². The first-order valence-corrected chi connectivity index (χ1v) is 12.1. The molecule has 1 aromatic heterocycles. The van der Waals surface area contributed by atoms with Crippen molar-refractivity contribution >= 4 is 40.3 Å². The lowest BCUT2D eigenvalue weighted by atomic mass is 10.0. The maximum Gasteiger partial charge on any atom is 0.117 e. The Hall–Kier alpha value is -1.89. The van der Waals surface area contributed by atoms with Gasteiger partial charge in [-0.05, 0) is 48.9 Å². The van der Waals surface area contributed by atoms with Crippen LogP contribution < -0.4 is 10.0 Å². The van der Waals surface area contributed by atoms with E-state index in [2.05, 4.69) is 85.4 Å². The number of thioether (sulfide) groups is 1. The molecular formula is C24H30FN3S2. The Labute approximate surface area is 187 Å². The van der Waals surface area contributed by atoms with Gasteiger partial charge in [0.1, 0.15) is 5.83 Å². The Kier molecular flexibility index (Phi) is 7.55. The maximum absolute atomic E-state index is 14.4. The van der Waals surface area contributed by atoms with Crippen LogP contribution in [0.5, 0.6) is 0 Å². The highest BCUT2D eigenvalue weighted by Crippen LogP contribution is 2.39. The topological polar surface area (TPSA) is 34.2 Å². The predicted octanol–water partition coefficient (Wildman–Crippen LogP) is 6.64. The molecular weight excluding hydrogens is 413 g/mol. The van der Waals surface area contributed by atoms with E-state index in [1.165, 1.54) is 11.0 Å². The Morgan fingerprint density at radius 1 is 1.23 bits per heavy atom. The second-order valence-electron chi connectivity index (χ2n) is 7.51. The number of hydrogen-bond donors (Lipinski definition) is 1. The van der Waals surface area contributed by atoms with Crippen molar-refractivity contribution in [2.45, 2.75) is 37.5 Å². The zero-order chi connectivity index (χ0) is 21.8. The zero-order valence-corrected chi connectivity index (χ0v) is 19.9. The molecule has 0 bridgehead atoms. The molecule has 0 spiro atoms. The Morgan fingerprint density at radius 2 is 2.00 bits per heavy atom. The Balaban J connectivity index is 2.23. The van der Waals surface area contributed by atoms with Crippen molar-refractivity contribution in [1.29, 1.82) is 0 Å². The van der Waals surface area contributed by atoms with Crippen LogP contribution in [0.1, 0.15) is 19.5 Å². The van der Waals surface area contributed by atoms with Gasteiger partial charge in [-0.1, -0.05) is 37.9 Å². The molecule has 3 rings (SSSR count). The number of aromatic nitrogens is 1. The van der Waals surface area contributed by atoms with E-state index in [0.29, 0.717) is 5.25 Å². The molecule has 2 aromatic carbocycles. The van der Waals surface area contributed by atoms with Gasteiger partial charge in [0.2, 0.25) is 0 Å². The van der Waals surface area contributed by atoms with Crippen LogP contribution in [0.2, 0.25) is 0 Å². The fraction of sp³-hybridized carbons (Fsp3) is 0.333. The average Bonchev–Trinajstić information content (AvgIpc) is 2.98. The van der Waals surface area contributed by atoms with E-state index in [9.17, 15) is 4.39 Å². The fourth-order valence-electron chi connectivity index (χ4n) is 3.68. The number of rotatable bonds is 8. The minimum Gasteiger partial charge on any atom is -0.337 e. The molecule has 0 amide bonds. The number of nitrogens with zero attached hydrogens (tertiary/aromatic N) is 2. The van der Waals surface area contributed by atoms with Gasteiger partial charge < -0.3 is 14.6 Å². The van der Waals surface area contributed by atoms with E-state index in [0.717, 1.165) is 33.4 Å². The normalized spacial score (nSPS) is 12.2. The highest BCUT2D eigenvalue weighted by Gasteiger charge is 2.18. The molecule has 0 aliphatic heterocycles. The van der Waals surface area contributed by atoms with Gasteiger partial charge in [0.15, 0.2) is 0 Å². The first kappa shape index (κ1) is 22.8. The van der Waals surface area contributed by atoms with Gasteiger partial charge in [-0.15, -0.1) is 11.8 Å². The molecule has 2 N–H and O–H groups in total. The molecule has 30 heavy (non-hydrogen) atoms. The van der Waals surface area contributed by atoms with Crippen molar-refractivity contribution in [2.75, 3.05) is 24.2 Å². The van der Waals surface area contributed by atoms with Crippen molar-refractivity contribution in [3.05, 3.63) is 60.1 Å². The highest BCUT2D eigenvalue weighted by molar-refractivity contribution is 8.00. The molecule has 0 fully saturated rings. The molecule has 0 atom stereocenters. The quantitative estimate of drug-likeness (QED) is 0.312. The van der Waals surface area contributed by atoms with Crippen LogP contribution in [-0.2, 0) is 6.54 Å². The summed E-state index contributed by atoms with van der Waals surface area (Å²) in [4.78, 5) is 1.23. The molecule has 0 aliphatic rings. The smallest absolute Gasteiger partial charge is 0.117 e. The third-order valence-electron chi connectivity index (χ3n) is 5.09. The molecule has 3 nitrogen and oxygen atoms in total. The van der Waals surface area contributed by atoms with Crippen LogP contribution >= 0.6 is 23.7 Å². The molecule has 0 saturated carbocycles. The number of nitrogens with two attached hydrogens (primary N) is 1. The summed E-state index contributed by atoms with van der Waals surface area (Å²) in [7, 11) is 2.06. The van der Waals surface area contributed by atoms with Crippen LogP contribution in [0.15, 0.2) is 59.3 Å². The second-order valence-corrected chi connectivity index (χ2v) is 10.1. The third-order valence-corrected chi connectivity index (χ3v) is 6.84. The number of benzene rings is 2. The number of allylic oxidation sites excluding steroid dienone is 1. The van der Waals surface area contributed by atoms with Crippen LogP contribution in [0, 0.1) is 6.92 Å². The van der Waals surface area contributed by atoms with Crippen molar-refractivity contribution < 1.29 is 4.39 Å². The summed E-state index contributed by atoms with van der Waals surface area (Å²) in [5.41, 5.74) is 11.1. The van der Waals surface area contributed by atoms with Crippen molar-refractivity contribution in [3.63, 3.8) is 0 Å². The summed E-state index contributed by atoms with van der Waals surface area (Å²) in [6.07, 6.45) is 3.51. The molecule has 0 radical (unpaired) electrons. The molecule has 0 saturated heterocycles. The molecule has 160 valence electrons. The largest absolute Gasteiger partial charge is 0.337 e. The van der Waals surface area contributed by atoms with E-state index in [-0.39, 0.29) is 18.9 Å². The predicted molar refractivity (Wildman–Crippen MR) is 133 cm³/mol. The van der Waals surface area contributed by atoms with Crippen LogP contribution in [-0.4, -0.2) is 29.7 Å². The molecule has 3 aromatic rings. The summed E-state index contributed by atoms with van der Waals surface area (Å²) < 4.78 is 18.6. The Morgan fingerprint density at radius 3 is 2.67 bits per heavy atom. The molecule has 0 unspecified atom stereocenters. The van der Waals surface area contributed by atoms with E-state index < -0.39 is 0 Å². The first-order valence-electron chi connectivity index (χ1n) is 10.1. The minimum absolute atomic E-state index is 0.195. The molecule has 6 heteroatoms. The van der Waals surface area contributed by atoms with Gasteiger partial charge in [-0.3, -0.25) is 0 Å². The number of anilines is 1. The van der Waals surface area contributed by atoms with Gasteiger partial charge in [-0.2, -0.15) is 0 Å². The lowest BCUT2D eigenvalue weighted by Gasteiger charge is -2.16. The summed E-state index contributed by atoms with van der Waals surface area (Å²) in [5.74, 6) is -0.208. The van der Waals surface area contributed by atoms with Crippen molar-refractivity contribution in [1.82, 2.24) is 4.57 Å². The van der Waals surface area contributed by atoms with Crippen molar-refractivity contribution in [2.24, 2.45) is 5.73 Å². The number of hydrogen-bond acceptors (Lipinski definition) is 4. The lowest BCUT2D eigenvalue weighted by Crippen LogP contribution is -2.05. The highest BCUT2D eigenvalue weighted by atomic mass is 32.2. The molecule has 1 heterocycles.